The van der Waals surface area contributed by atoms with Gasteiger partial charge in [0.15, 0.2) is 0 Å². The summed E-state index contributed by atoms with van der Waals surface area (Å²) in [6.45, 7) is 8.85. The summed E-state index contributed by atoms with van der Waals surface area (Å²) in [4.78, 5) is 30.7. The third-order valence-electron chi connectivity index (χ3n) is 5.09. The van der Waals surface area contributed by atoms with E-state index in [1.807, 2.05) is 9.80 Å². The van der Waals surface area contributed by atoms with Gasteiger partial charge in [0.25, 0.3) is 0 Å². The Labute approximate surface area is 157 Å². The van der Waals surface area contributed by atoms with Crippen molar-refractivity contribution < 1.29 is 9.59 Å². The summed E-state index contributed by atoms with van der Waals surface area (Å²) in [5.74, 6) is 0.250. The lowest BCUT2D eigenvalue weighted by Gasteiger charge is -2.39. The van der Waals surface area contributed by atoms with E-state index in [1.54, 1.807) is 0 Å². The van der Waals surface area contributed by atoms with Gasteiger partial charge in [0.1, 0.15) is 0 Å². The standard InChI is InChI=1S/C16H30N4O2.2ClH/c1-3-18(4-2)13-14(21)19-9-11-20(12-10-19)15(22)16(17)7-5-6-8-16;;/h3-13,17H2,1-2H3;2*1H. The smallest absolute Gasteiger partial charge is 0.242 e. The number of carbonyl (C=O) groups excluding carboxylic acids is 2. The van der Waals surface area contributed by atoms with Crippen molar-refractivity contribution in [2.75, 3.05) is 45.8 Å². The molecule has 0 atom stereocenters. The molecule has 2 amide bonds. The predicted molar refractivity (Wildman–Crippen MR) is 101 cm³/mol. The van der Waals surface area contributed by atoms with E-state index in [-0.39, 0.29) is 36.6 Å². The molecule has 2 rings (SSSR count). The largest absolute Gasteiger partial charge is 0.338 e. The van der Waals surface area contributed by atoms with E-state index in [1.165, 1.54) is 0 Å². The van der Waals surface area contributed by atoms with Crippen molar-refractivity contribution >= 4 is 36.6 Å². The van der Waals surface area contributed by atoms with Gasteiger partial charge < -0.3 is 15.5 Å². The highest BCUT2D eigenvalue weighted by atomic mass is 35.5. The average Bonchev–Trinajstić information content (AvgIpc) is 2.99. The Kier molecular flexibility index (Phi) is 10.2. The fourth-order valence-electron chi connectivity index (χ4n) is 3.43. The molecule has 0 radical (unpaired) electrons. The van der Waals surface area contributed by atoms with Crippen molar-refractivity contribution in [3.05, 3.63) is 0 Å². The number of nitrogens with two attached hydrogens (primary N) is 1. The Bertz CT molecular complexity index is 405. The van der Waals surface area contributed by atoms with E-state index in [9.17, 15) is 9.59 Å². The summed E-state index contributed by atoms with van der Waals surface area (Å²) < 4.78 is 0. The van der Waals surface area contributed by atoms with Crippen molar-refractivity contribution in [3.8, 4) is 0 Å². The SMILES string of the molecule is CCN(CC)CC(=O)N1CCN(C(=O)C2(N)CCCC2)CC1.Cl.Cl. The minimum atomic E-state index is -0.645. The van der Waals surface area contributed by atoms with E-state index in [2.05, 4.69) is 18.7 Å². The third kappa shape index (κ3) is 5.48. The molecule has 1 aliphatic carbocycles. The second kappa shape index (κ2) is 10.4. The van der Waals surface area contributed by atoms with E-state index in [0.717, 1.165) is 38.8 Å². The molecule has 24 heavy (non-hydrogen) atoms. The lowest BCUT2D eigenvalue weighted by molar-refractivity contribution is -0.143. The number of hydrogen-bond acceptors (Lipinski definition) is 4. The molecule has 0 aromatic carbocycles. The van der Waals surface area contributed by atoms with Gasteiger partial charge in [0, 0.05) is 26.2 Å². The number of nitrogens with zero attached hydrogens (tertiary/aromatic N) is 3. The first kappa shape index (κ1) is 23.4. The number of halogens is 2. The lowest BCUT2D eigenvalue weighted by atomic mass is 9.97. The molecule has 1 saturated heterocycles. The van der Waals surface area contributed by atoms with Gasteiger partial charge in [-0.05, 0) is 25.9 Å². The molecule has 1 aliphatic heterocycles. The topological polar surface area (TPSA) is 69.9 Å². The zero-order valence-electron chi connectivity index (χ0n) is 14.8. The molecule has 2 fully saturated rings. The number of carbonyl (C=O) groups is 2. The molecular formula is C16H32Cl2N4O2. The molecule has 1 heterocycles. The summed E-state index contributed by atoms with van der Waals surface area (Å²) in [5, 5.41) is 0. The highest BCUT2D eigenvalue weighted by Gasteiger charge is 2.40. The van der Waals surface area contributed by atoms with Gasteiger partial charge in [0.2, 0.25) is 11.8 Å². The highest BCUT2D eigenvalue weighted by molar-refractivity contribution is 5.87. The molecular weight excluding hydrogens is 351 g/mol. The minimum absolute atomic E-state index is 0. The number of rotatable bonds is 5. The van der Waals surface area contributed by atoms with Gasteiger partial charge in [-0.1, -0.05) is 26.7 Å². The summed E-state index contributed by atoms with van der Waals surface area (Å²) in [7, 11) is 0. The maximum atomic E-state index is 12.6. The summed E-state index contributed by atoms with van der Waals surface area (Å²) in [6.07, 6.45) is 3.69. The minimum Gasteiger partial charge on any atom is -0.338 e. The van der Waals surface area contributed by atoms with Gasteiger partial charge in [-0.3, -0.25) is 14.5 Å². The molecule has 0 spiro atoms. The number of amides is 2. The molecule has 2 aliphatic rings. The second-order valence-electron chi connectivity index (χ2n) is 6.50. The summed E-state index contributed by atoms with van der Waals surface area (Å²) in [5.41, 5.74) is 5.61. The predicted octanol–water partition coefficient (Wildman–Crippen LogP) is 1.11. The van der Waals surface area contributed by atoms with Gasteiger partial charge in [-0.25, -0.2) is 0 Å². The van der Waals surface area contributed by atoms with Crippen LogP contribution in [-0.2, 0) is 9.59 Å². The molecule has 0 unspecified atom stereocenters. The highest BCUT2D eigenvalue weighted by Crippen LogP contribution is 2.29. The molecule has 0 bridgehead atoms. The molecule has 1 saturated carbocycles. The van der Waals surface area contributed by atoms with Gasteiger partial charge in [0.05, 0.1) is 12.1 Å². The maximum Gasteiger partial charge on any atom is 0.242 e. The quantitative estimate of drug-likeness (QED) is 0.772. The fraction of sp³-hybridized carbons (Fsp3) is 0.875. The van der Waals surface area contributed by atoms with Crippen LogP contribution in [0.5, 0.6) is 0 Å². The van der Waals surface area contributed by atoms with Crippen LogP contribution >= 0.6 is 24.8 Å². The van der Waals surface area contributed by atoms with Crippen LogP contribution in [0.2, 0.25) is 0 Å². The van der Waals surface area contributed by atoms with Crippen LogP contribution in [0.15, 0.2) is 0 Å². The van der Waals surface area contributed by atoms with Gasteiger partial charge >= 0.3 is 0 Å². The van der Waals surface area contributed by atoms with Crippen molar-refractivity contribution in [2.45, 2.75) is 45.1 Å². The molecule has 0 aromatic rings. The van der Waals surface area contributed by atoms with Crippen molar-refractivity contribution in [3.63, 3.8) is 0 Å². The normalized spacial score (nSPS) is 19.7. The average molecular weight is 383 g/mol. The second-order valence-corrected chi connectivity index (χ2v) is 6.50. The number of hydrogen-bond donors (Lipinski definition) is 1. The van der Waals surface area contributed by atoms with Gasteiger partial charge in [-0.2, -0.15) is 0 Å². The van der Waals surface area contributed by atoms with Gasteiger partial charge in [-0.15, -0.1) is 24.8 Å². The maximum absolute atomic E-state index is 12.6. The Balaban J connectivity index is 0.00000264. The van der Waals surface area contributed by atoms with Crippen LogP contribution in [0, 0.1) is 0 Å². The van der Waals surface area contributed by atoms with Crippen molar-refractivity contribution in [1.29, 1.82) is 0 Å². The Morgan fingerprint density at radius 3 is 1.88 bits per heavy atom. The van der Waals surface area contributed by atoms with Crippen molar-refractivity contribution in [1.82, 2.24) is 14.7 Å². The first-order valence-electron chi connectivity index (χ1n) is 8.58. The Morgan fingerprint density at radius 2 is 1.42 bits per heavy atom. The number of piperazine rings is 1. The molecule has 142 valence electrons. The zero-order valence-corrected chi connectivity index (χ0v) is 16.5. The van der Waals surface area contributed by atoms with Crippen LogP contribution in [0.25, 0.3) is 0 Å². The van der Waals surface area contributed by atoms with E-state index in [4.69, 9.17) is 5.73 Å². The lowest BCUT2D eigenvalue weighted by Crippen LogP contribution is -2.59. The summed E-state index contributed by atoms with van der Waals surface area (Å²) >= 11 is 0. The zero-order chi connectivity index (χ0) is 16.2. The first-order valence-corrected chi connectivity index (χ1v) is 8.58. The Hall–Kier alpha value is -0.560. The number of likely N-dealkylation sites (N-methyl/N-ethyl adjacent to an activating group) is 1. The van der Waals surface area contributed by atoms with E-state index >= 15 is 0 Å². The third-order valence-corrected chi connectivity index (χ3v) is 5.09. The van der Waals surface area contributed by atoms with Crippen molar-refractivity contribution in [2.24, 2.45) is 5.73 Å². The van der Waals surface area contributed by atoms with E-state index < -0.39 is 5.54 Å². The van der Waals surface area contributed by atoms with Crippen LogP contribution in [-0.4, -0.2) is 77.9 Å². The molecule has 6 nitrogen and oxygen atoms in total. The van der Waals surface area contributed by atoms with Crippen LogP contribution in [0.3, 0.4) is 0 Å². The summed E-state index contributed by atoms with van der Waals surface area (Å²) in [6, 6.07) is 0. The molecule has 0 aromatic heterocycles. The van der Waals surface area contributed by atoms with Crippen LogP contribution in [0.1, 0.15) is 39.5 Å². The van der Waals surface area contributed by atoms with Crippen LogP contribution in [0.4, 0.5) is 0 Å². The first-order chi connectivity index (χ1) is 10.5. The van der Waals surface area contributed by atoms with E-state index in [0.29, 0.717) is 32.7 Å². The fourth-order valence-corrected chi connectivity index (χ4v) is 3.43. The molecule has 2 N–H and O–H groups in total. The van der Waals surface area contributed by atoms with Crippen LogP contribution < -0.4 is 5.73 Å². The monoisotopic (exact) mass is 382 g/mol. The molecule has 8 heteroatoms. The Morgan fingerprint density at radius 1 is 0.958 bits per heavy atom.